The summed E-state index contributed by atoms with van der Waals surface area (Å²) in [6.07, 6.45) is 6.36. The minimum atomic E-state index is 0.652. The maximum absolute atomic E-state index is 5.61. The Labute approximate surface area is 108 Å². The molecular weight excluding hydrogens is 282 g/mol. The average molecular weight is 296 g/mol. The minimum Gasteiger partial charge on any atom is -0.397 e. The van der Waals surface area contributed by atoms with Crippen molar-refractivity contribution in [2.24, 2.45) is 0 Å². The van der Waals surface area contributed by atoms with E-state index in [1.165, 1.54) is 0 Å². The van der Waals surface area contributed by atoms with Gasteiger partial charge < -0.3 is 11.1 Å². The van der Waals surface area contributed by atoms with Crippen molar-refractivity contribution in [3.8, 4) is 0 Å². The first-order valence-corrected chi connectivity index (χ1v) is 6.17. The van der Waals surface area contributed by atoms with Crippen LogP contribution in [0.5, 0.6) is 0 Å². The molecule has 90 valence electrons. The molecule has 17 heavy (non-hydrogen) atoms. The molecule has 0 atom stereocenters. The highest BCUT2D eigenvalue weighted by Gasteiger charge is 2.00. The van der Waals surface area contributed by atoms with Gasteiger partial charge in [0.05, 0.1) is 16.4 Å². The number of nitrogens with zero attached hydrogens (tertiary/aromatic N) is 3. The zero-order chi connectivity index (χ0) is 12.1. The number of nitrogens with one attached hydrogen (secondary N) is 1. The Morgan fingerprint density at radius 2 is 2.35 bits per heavy atom. The van der Waals surface area contributed by atoms with E-state index in [2.05, 4.69) is 31.3 Å². The summed E-state index contributed by atoms with van der Waals surface area (Å²) < 4.78 is 2.80. The maximum atomic E-state index is 5.61. The van der Waals surface area contributed by atoms with Crippen LogP contribution in [0.15, 0.2) is 35.2 Å². The molecule has 3 N–H and O–H groups in total. The number of nitrogen functional groups attached to an aromatic ring is 1. The number of aryl methyl sites for hydroxylation is 1. The third-order valence-electron chi connectivity index (χ3n) is 2.28. The monoisotopic (exact) mass is 295 g/mol. The number of hydrogen-bond donors (Lipinski definition) is 2. The normalized spacial score (nSPS) is 10.4. The van der Waals surface area contributed by atoms with Gasteiger partial charge in [0.15, 0.2) is 0 Å². The highest BCUT2D eigenvalue weighted by atomic mass is 79.9. The fourth-order valence-electron chi connectivity index (χ4n) is 1.46. The molecule has 0 aliphatic heterocycles. The van der Waals surface area contributed by atoms with Gasteiger partial charge in [-0.1, -0.05) is 0 Å². The molecule has 0 fully saturated rings. The topological polar surface area (TPSA) is 68.8 Å². The summed E-state index contributed by atoms with van der Waals surface area (Å²) in [4.78, 5) is 4.21. The van der Waals surface area contributed by atoms with Crippen LogP contribution in [0.1, 0.15) is 6.42 Å². The van der Waals surface area contributed by atoms with Crippen molar-refractivity contribution in [2.75, 3.05) is 17.6 Å². The van der Waals surface area contributed by atoms with Crippen LogP contribution in [0, 0.1) is 0 Å². The van der Waals surface area contributed by atoms with Crippen LogP contribution < -0.4 is 11.1 Å². The van der Waals surface area contributed by atoms with Crippen LogP contribution in [0.25, 0.3) is 0 Å². The highest BCUT2D eigenvalue weighted by Crippen LogP contribution is 2.21. The molecule has 2 aromatic rings. The molecule has 2 rings (SSSR count). The number of anilines is 2. The SMILES string of the molecule is Nc1cnc(NCCCn2cccn2)c(Br)c1. The van der Waals surface area contributed by atoms with Crippen LogP contribution in [0.4, 0.5) is 11.5 Å². The highest BCUT2D eigenvalue weighted by molar-refractivity contribution is 9.10. The molecule has 5 nitrogen and oxygen atoms in total. The lowest BCUT2D eigenvalue weighted by Crippen LogP contribution is -2.08. The van der Waals surface area contributed by atoms with E-state index in [-0.39, 0.29) is 0 Å². The van der Waals surface area contributed by atoms with Crippen molar-refractivity contribution < 1.29 is 0 Å². The van der Waals surface area contributed by atoms with Gasteiger partial charge in [-0.15, -0.1) is 0 Å². The molecule has 0 saturated carbocycles. The fraction of sp³-hybridized carbons (Fsp3) is 0.273. The van der Waals surface area contributed by atoms with Gasteiger partial charge in [-0.25, -0.2) is 4.98 Å². The summed E-state index contributed by atoms with van der Waals surface area (Å²) in [5.74, 6) is 0.819. The quantitative estimate of drug-likeness (QED) is 0.829. The number of aromatic nitrogens is 3. The molecule has 0 aliphatic carbocycles. The van der Waals surface area contributed by atoms with Crippen molar-refractivity contribution in [1.29, 1.82) is 0 Å². The summed E-state index contributed by atoms with van der Waals surface area (Å²) in [6, 6.07) is 3.76. The van der Waals surface area contributed by atoms with Gasteiger partial charge in [0.25, 0.3) is 0 Å². The third kappa shape index (κ3) is 3.45. The first kappa shape index (κ1) is 11.9. The lowest BCUT2D eigenvalue weighted by Gasteiger charge is -2.07. The Hall–Kier alpha value is -1.56. The van der Waals surface area contributed by atoms with Crippen molar-refractivity contribution in [3.05, 3.63) is 35.2 Å². The van der Waals surface area contributed by atoms with Crippen LogP contribution in [-0.4, -0.2) is 21.3 Å². The number of hydrogen-bond acceptors (Lipinski definition) is 4. The Balaban J connectivity index is 1.78. The first-order valence-electron chi connectivity index (χ1n) is 5.38. The van der Waals surface area contributed by atoms with Crippen LogP contribution in [0.2, 0.25) is 0 Å². The Morgan fingerprint density at radius 3 is 3.06 bits per heavy atom. The molecule has 2 heterocycles. The van der Waals surface area contributed by atoms with E-state index < -0.39 is 0 Å². The van der Waals surface area contributed by atoms with Crippen molar-refractivity contribution in [1.82, 2.24) is 14.8 Å². The molecule has 0 spiro atoms. The van der Waals surface area contributed by atoms with E-state index in [1.54, 1.807) is 12.4 Å². The van der Waals surface area contributed by atoms with E-state index in [9.17, 15) is 0 Å². The molecule has 0 aromatic carbocycles. The summed E-state index contributed by atoms with van der Waals surface area (Å²) in [6.45, 7) is 1.74. The molecule has 6 heteroatoms. The molecule has 0 unspecified atom stereocenters. The van der Waals surface area contributed by atoms with Crippen LogP contribution in [-0.2, 0) is 6.54 Å². The molecule has 0 amide bonds. The zero-order valence-electron chi connectivity index (χ0n) is 9.31. The Bertz CT molecular complexity index is 469. The molecular formula is C11H14BrN5. The summed E-state index contributed by atoms with van der Waals surface area (Å²) in [7, 11) is 0. The number of nitrogens with two attached hydrogens (primary N) is 1. The van der Waals surface area contributed by atoms with Crippen LogP contribution >= 0.6 is 15.9 Å². The predicted molar refractivity (Wildman–Crippen MR) is 71.7 cm³/mol. The Morgan fingerprint density at radius 1 is 1.47 bits per heavy atom. The van der Waals surface area contributed by atoms with E-state index in [0.29, 0.717) is 5.69 Å². The molecule has 0 saturated heterocycles. The van der Waals surface area contributed by atoms with Gasteiger partial charge in [-0.3, -0.25) is 4.68 Å². The lowest BCUT2D eigenvalue weighted by atomic mass is 10.4. The van der Waals surface area contributed by atoms with Crippen LogP contribution in [0.3, 0.4) is 0 Å². The molecule has 0 radical (unpaired) electrons. The van der Waals surface area contributed by atoms with Crippen molar-refractivity contribution in [2.45, 2.75) is 13.0 Å². The number of halogens is 1. The molecule has 0 aliphatic rings. The summed E-state index contributed by atoms with van der Waals surface area (Å²) >= 11 is 3.42. The van der Waals surface area contributed by atoms with Gasteiger partial charge >= 0.3 is 0 Å². The lowest BCUT2D eigenvalue weighted by molar-refractivity contribution is 0.591. The first-order chi connectivity index (χ1) is 8.25. The number of rotatable bonds is 5. The molecule has 2 aromatic heterocycles. The van der Waals surface area contributed by atoms with Gasteiger partial charge in [-0.2, -0.15) is 5.10 Å². The van der Waals surface area contributed by atoms with Crippen molar-refractivity contribution in [3.63, 3.8) is 0 Å². The Kier molecular flexibility index (Phi) is 3.98. The van der Waals surface area contributed by atoms with Gasteiger partial charge in [0, 0.05) is 25.5 Å². The van der Waals surface area contributed by atoms with E-state index in [1.807, 2.05) is 23.0 Å². The van der Waals surface area contributed by atoms with Crippen molar-refractivity contribution >= 4 is 27.4 Å². The second-order valence-electron chi connectivity index (χ2n) is 3.65. The summed E-state index contributed by atoms with van der Waals surface area (Å²) in [5.41, 5.74) is 6.27. The minimum absolute atomic E-state index is 0.652. The average Bonchev–Trinajstić information content (AvgIpc) is 2.79. The van der Waals surface area contributed by atoms with Gasteiger partial charge in [0.2, 0.25) is 0 Å². The third-order valence-corrected chi connectivity index (χ3v) is 2.88. The maximum Gasteiger partial charge on any atom is 0.140 e. The number of pyridine rings is 1. The second-order valence-corrected chi connectivity index (χ2v) is 4.50. The largest absolute Gasteiger partial charge is 0.397 e. The summed E-state index contributed by atoms with van der Waals surface area (Å²) in [5, 5.41) is 7.39. The zero-order valence-corrected chi connectivity index (χ0v) is 10.9. The standard InChI is InChI=1S/C11H14BrN5/c12-10-7-9(13)8-15-11(10)14-3-1-5-17-6-2-4-16-17/h2,4,6-8H,1,3,5,13H2,(H,14,15). The smallest absolute Gasteiger partial charge is 0.140 e. The molecule has 0 bridgehead atoms. The van der Waals surface area contributed by atoms with Gasteiger partial charge in [-0.05, 0) is 34.5 Å². The van der Waals surface area contributed by atoms with E-state index in [4.69, 9.17) is 5.73 Å². The van der Waals surface area contributed by atoms with Gasteiger partial charge in [0.1, 0.15) is 5.82 Å². The predicted octanol–water partition coefficient (Wildman–Crippen LogP) is 2.12. The fourth-order valence-corrected chi connectivity index (χ4v) is 1.97. The van der Waals surface area contributed by atoms with E-state index in [0.717, 1.165) is 29.8 Å². The van der Waals surface area contributed by atoms with E-state index >= 15 is 0 Å². The second kappa shape index (κ2) is 5.67.